The van der Waals surface area contributed by atoms with E-state index in [9.17, 15) is 4.79 Å². The van der Waals surface area contributed by atoms with Crippen LogP contribution in [0.5, 0.6) is 5.75 Å². The van der Waals surface area contributed by atoms with Gasteiger partial charge in [-0.1, -0.05) is 18.2 Å². The molecule has 1 aromatic rings. The molecule has 6 nitrogen and oxygen atoms in total. The maximum atomic E-state index is 12.3. The van der Waals surface area contributed by atoms with Gasteiger partial charge in [-0.05, 0) is 45.7 Å². The zero-order valence-corrected chi connectivity index (χ0v) is 19.7. The van der Waals surface area contributed by atoms with Gasteiger partial charge in [-0.25, -0.2) is 0 Å². The van der Waals surface area contributed by atoms with Gasteiger partial charge in [0.1, 0.15) is 5.75 Å². The third-order valence-electron chi connectivity index (χ3n) is 4.10. The molecule has 1 rings (SSSR count). The Hall–Kier alpha value is -1.51. The summed E-state index contributed by atoms with van der Waals surface area (Å²) < 4.78 is 5.67. The van der Waals surface area contributed by atoms with Crippen molar-refractivity contribution in [1.29, 1.82) is 0 Å². The number of carbonyl (C=O) groups is 1. The molecule has 0 aliphatic carbocycles. The monoisotopic (exact) mass is 490 g/mol. The number of benzene rings is 1. The van der Waals surface area contributed by atoms with Crippen molar-refractivity contribution >= 4 is 35.8 Å². The summed E-state index contributed by atoms with van der Waals surface area (Å²) in [5, 5.41) is 3.26. The van der Waals surface area contributed by atoms with E-state index >= 15 is 0 Å². The Labute approximate surface area is 181 Å². The van der Waals surface area contributed by atoms with Crippen LogP contribution in [0, 0.1) is 0 Å². The van der Waals surface area contributed by atoms with Gasteiger partial charge in [-0.2, -0.15) is 0 Å². The van der Waals surface area contributed by atoms with Gasteiger partial charge in [0, 0.05) is 33.2 Å². The topological polar surface area (TPSA) is 57.2 Å². The number of guanidine groups is 1. The normalized spacial score (nSPS) is 10.8. The first-order valence-electron chi connectivity index (χ1n) is 9.55. The number of aliphatic imine (C=N–C) groups is 1. The van der Waals surface area contributed by atoms with Gasteiger partial charge in [-0.3, -0.25) is 9.79 Å². The Balaban J connectivity index is 0.00000676. The number of hydrogen-bond donors (Lipinski definition) is 1. The van der Waals surface area contributed by atoms with Crippen LogP contribution in [0.25, 0.3) is 0 Å². The molecule has 1 amide bonds. The van der Waals surface area contributed by atoms with Crippen molar-refractivity contribution in [3.05, 3.63) is 29.8 Å². The second-order valence-corrected chi connectivity index (χ2v) is 5.95. The summed E-state index contributed by atoms with van der Waals surface area (Å²) >= 11 is 0. The second-order valence-electron chi connectivity index (χ2n) is 5.95. The molecule has 7 heteroatoms. The molecule has 0 saturated carbocycles. The number of ether oxygens (including phenoxy) is 1. The summed E-state index contributed by atoms with van der Waals surface area (Å²) in [5.41, 5.74) is 1.15. The highest BCUT2D eigenvalue weighted by atomic mass is 127. The van der Waals surface area contributed by atoms with Crippen LogP contribution in [0.2, 0.25) is 0 Å². The average Bonchev–Trinajstić information content (AvgIpc) is 2.63. The number of para-hydroxylation sites is 1. The summed E-state index contributed by atoms with van der Waals surface area (Å²) in [6.45, 7) is 11.8. The highest BCUT2D eigenvalue weighted by molar-refractivity contribution is 14.0. The number of nitrogens with zero attached hydrogens (tertiary/aromatic N) is 3. The molecule has 0 atom stereocenters. The molecule has 0 spiro atoms. The van der Waals surface area contributed by atoms with E-state index in [0.717, 1.165) is 43.3 Å². The Bertz CT molecular complexity index is 577. The molecule has 0 bridgehead atoms. The molecule has 0 fully saturated rings. The van der Waals surface area contributed by atoms with Crippen molar-refractivity contribution in [2.45, 2.75) is 34.1 Å². The van der Waals surface area contributed by atoms with Crippen molar-refractivity contribution < 1.29 is 9.53 Å². The lowest BCUT2D eigenvalue weighted by Gasteiger charge is -2.25. The first kappa shape index (κ1) is 25.5. The largest absolute Gasteiger partial charge is 0.494 e. The molecule has 0 heterocycles. The smallest absolute Gasteiger partial charge is 0.242 e. The maximum absolute atomic E-state index is 12.3. The number of hydrogen-bond acceptors (Lipinski definition) is 3. The molecule has 1 aromatic carbocycles. The third-order valence-corrected chi connectivity index (χ3v) is 4.10. The molecule has 27 heavy (non-hydrogen) atoms. The molecular weight excluding hydrogens is 455 g/mol. The van der Waals surface area contributed by atoms with Crippen molar-refractivity contribution in [2.75, 3.05) is 46.4 Å². The molecule has 0 aliphatic heterocycles. The summed E-state index contributed by atoms with van der Waals surface area (Å²) in [6, 6.07) is 8.06. The Morgan fingerprint density at radius 2 is 1.81 bits per heavy atom. The van der Waals surface area contributed by atoms with E-state index in [-0.39, 0.29) is 29.9 Å². The van der Waals surface area contributed by atoms with E-state index in [0.29, 0.717) is 19.7 Å². The van der Waals surface area contributed by atoms with Crippen molar-refractivity contribution in [3.8, 4) is 5.75 Å². The number of amides is 1. The van der Waals surface area contributed by atoms with E-state index in [2.05, 4.69) is 16.4 Å². The van der Waals surface area contributed by atoms with Crippen LogP contribution in [-0.4, -0.2) is 68.0 Å². The lowest BCUT2D eigenvalue weighted by atomic mass is 10.1. The van der Waals surface area contributed by atoms with Crippen molar-refractivity contribution in [2.24, 2.45) is 4.99 Å². The van der Waals surface area contributed by atoms with Gasteiger partial charge in [0.2, 0.25) is 5.91 Å². The lowest BCUT2D eigenvalue weighted by Crippen LogP contribution is -2.45. The molecule has 0 unspecified atom stereocenters. The minimum Gasteiger partial charge on any atom is -0.494 e. The van der Waals surface area contributed by atoms with Gasteiger partial charge in [0.05, 0.1) is 13.2 Å². The molecule has 0 aliphatic rings. The SMILES string of the molecule is CCNC(=NCCc1ccccc1OCC)N(C)CC(=O)N(CC)CC.I. The second kappa shape index (κ2) is 14.5. The zero-order valence-electron chi connectivity index (χ0n) is 17.3. The number of halogens is 1. The summed E-state index contributed by atoms with van der Waals surface area (Å²) in [6.07, 6.45) is 0.795. The predicted octanol–water partition coefficient (Wildman–Crippen LogP) is 3.01. The van der Waals surface area contributed by atoms with Crippen LogP contribution in [0.4, 0.5) is 0 Å². The predicted molar refractivity (Wildman–Crippen MR) is 123 cm³/mol. The van der Waals surface area contributed by atoms with Gasteiger partial charge in [0.25, 0.3) is 0 Å². The standard InChI is InChI=1S/C20H34N4O2.HI/c1-6-21-20(23(5)16-19(25)24(7-2)8-3)22-15-14-17-12-10-11-13-18(17)26-9-4;/h10-13H,6-9,14-16H2,1-5H3,(H,21,22);1H. The fourth-order valence-corrected chi connectivity index (χ4v) is 2.71. The Morgan fingerprint density at radius 1 is 1.15 bits per heavy atom. The van der Waals surface area contributed by atoms with Crippen molar-refractivity contribution in [3.63, 3.8) is 0 Å². The van der Waals surface area contributed by atoms with Crippen LogP contribution in [0.15, 0.2) is 29.3 Å². The molecule has 0 radical (unpaired) electrons. The van der Waals surface area contributed by atoms with Crippen LogP contribution in [0.3, 0.4) is 0 Å². The van der Waals surface area contributed by atoms with E-state index in [1.165, 1.54) is 0 Å². The maximum Gasteiger partial charge on any atom is 0.242 e. The fraction of sp³-hybridized carbons (Fsp3) is 0.600. The minimum absolute atomic E-state index is 0. The van der Waals surface area contributed by atoms with E-state index in [1.54, 1.807) is 0 Å². The Kier molecular flexibility index (Phi) is 13.7. The minimum atomic E-state index is 0. The van der Waals surface area contributed by atoms with Crippen LogP contribution < -0.4 is 10.1 Å². The fourth-order valence-electron chi connectivity index (χ4n) is 2.71. The van der Waals surface area contributed by atoms with Crippen LogP contribution in [-0.2, 0) is 11.2 Å². The van der Waals surface area contributed by atoms with Gasteiger partial charge >= 0.3 is 0 Å². The van der Waals surface area contributed by atoms with E-state index in [1.807, 2.05) is 62.7 Å². The number of carbonyl (C=O) groups excluding carboxylic acids is 1. The summed E-state index contributed by atoms with van der Waals surface area (Å²) in [4.78, 5) is 20.7. The highest BCUT2D eigenvalue weighted by Crippen LogP contribution is 2.18. The van der Waals surface area contributed by atoms with Gasteiger partial charge < -0.3 is 19.9 Å². The quantitative estimate of drug-likeness (QED) is 0.311. The zero-order chi connectivity index (χ0) is 19.4. The van der Waals surface area contributed by atoms with E-state index < -0.39 is 0 Å². The first-order chi connectivity index (χ1) is 12.6. The molecule has 0 saturated heterocycles. The summed E-state index contributed by atoms with van der Waals surface area (Å²) in [7, 11) is 1.90. The van der Waals surface area contributed by atoms with Crippen LogP contribution in [0.1, 0.15) is 33.3 Å². The number of likely N-dealkylation sites (N-methyl/N-ethyl adjacent to an activating group) is 2. The summed E-state index contributed by atoms with van der Waals surface area (Å²) in [5.74, 6) is 1.78. The number of rotatable bonds is 10. The van der Waals surface area contributed by atoms with Gasteiger partial charge in [-0.15, -0.1) is 24.0 Å². The van der Waals surface area contributed by atoms with E-state index in [4.69, 9.17) is 4.74 Å². The van der Waals surface area contributed by atoms with Crippen molar-refractivity contribution in [1.82, 2.24) is 15.1 Å². The van der Waals surface area contributed by atoms with Gasteiger partial charge in [0.15, 0.2) is 5.96 Å². The first-order valence-corrected chi connectivity index (χ1v) is 9.55. The highest BCUT2D eigenvalue weighted by Gasteiger charge is 2.15. The molecule has 1 N–H and O–H groups in total. The molecule has 154 valence electrons. The molecular formula is C20H35IN4O2. The molecule has 0 aromatic heterocycles. The average molecular weight is 490 g/mol. The lowest BCUT2D eigenvalue weighted by molar-refractivity contribution is -0.131. The third kappa shape index (κ3) is 8.81. The Morgan fingerprint density at radius 3 is 2.41 bits per heavy atom. The number of nitrogens with one attached hydrogen (secondary N) is 1. The van der Waals surface area contributed by atoms with Crippen LogP contribution >= 0.6 is 24.0 Å².